The van der Waals surface area contributed by atoms with Gasteiger partial charge >= 0.3 is 0 Å². The minimum absolute atomic E-state index is 0.232. The predicted molar refractivity (Wildman–Crippen MR) is 153 cm³/mol. The standard InChI is InChI=1S/C32H22N4O2/c37-31-27-18-23-13-15-25(35-23)28(19-7-3-1-4-8-19)24-14-11-21(33-24)17-22-12-16-26(34-22)29(30(36-27)32(31)38)20-9-5-2-6-10-20/h1-18,33,36-38H. The molecule has 182 valence electrons. The van der Waals surface area contributed by atoms with Crippen LogP contribution in [0.3, 0.4) is 0 Å². The summed E-state index contributed by atoms with van der Waals surface area (Å²) in [5, 5.41) is 21.9. The fourth-order valence-electron chi connectivity index (χ4n) is 5.00. The molecule has 2 aliphatic rings. The van der Waals surface area contributed by atoms with E-state index < -0.39 is 0 Å². The van der Waals surface area contributed by atoms with Gasteiger partial charge in [0.05, 0.1) is 33.8 Å². The van der Waals surface area contributed by atoms with Crippen molar-refractivity contribution in [1.82, 2.24) is 19.9 Å². The molecule has 6 nitrogen and oxygen atoms in total. The third-order valence-corrected chi connectivity index (χ3v) is 6.76. The Morgan fingerprint density at radius 3 is 1.82 bits per heavy atom. The number of hydrogen-bond donors (Lipinski definition) is 4. The van der Waals surface area contributed by atoms with Crippen LogP contribution in [0, 0.1) is 0 Å². The van der Waals surface area contributed by atoms with E-state index in [1.165, 1.54) is 0 Å². The summed E-state index contributed by atoms with van der Waals surface area (Å²) in [6, 6.07) is 27.6. The Hall–Kier alpha value is -5.36. The zero-order chi connectivity index (χ0) is 25.6. The Labute approximate surface area is 218 Å². The zero-order valence-electron chi connectivity index (χ0n) is 20.2. The first-order valence-corrected chi connectivity index (χ1v) is 12.3. The van der Waals surface area contributed by atoms with E-state index in [0.29, 0.717) is 28.0 Å². The van der Waals surface area contributed by atoms with Gasteiger partial charge in [-0.2, -0.15) is 0 Å². The molecule has 5 aromatic rings. The quantitative estimate of drug-likeness (QED) is 0.201. The maximum atomic E-state index is 11.0. The minimum Gasteiger partial charge on any atom is -0.503 e. The smallest absolute Gasteiger partial charge is 0.184 e. The highest BCUT2D eigenvalue weighted by atomic mass is 16.3. The monoisotopic (exact) mass is 494 g/mol. The average Bonchev–Trinajstić information content (AvgIpc) is 3.74. The molecule has 3 aromatic heterocycles. The number of hydrogen-bond acceptors (Lipinski definition) is 4. The summed E-state index contributed by atoms with van der Waals surface area (Å²) in [6.45, 7) is 0. The summed E-state index contributed by atoms with van der Waals surface area (Å²) in [5.41, 5.74) is 9.04. The number of nitrogens with zero attached hydrogens (tertiary/aromatic N) is 2. The molecule has 0 fully saturated rings. The lowest BCUT2D eigenvalue weighted by atomic mass is 10.0. The number of fused-ring (bicyclic) bond motifs is 8. The van der Waals surface area contributed by atoms with Crippen LogP contribution in [0.1, 0.15) is 22.8 Å². The van der Waals surface area contributed by atoms with Crippen LogP contribution in [-0.2, 0) is 0 Å². The van der Waals surface area contributed by atoms with Gasteiger partial charge in [0.1, 0.15) is 0 Å². The van der Waals surface area contributed by atoms with Crippen molar-refractivity contribution in [3.63, 3.8) is 0 Å². The largest absolute Gasteiger partial charge is 0.503 e. The number of rotatable bonds is 2. The van der Waals surface area contributed by atoms with Gasteiger partial charge in [-0.25, -0.2) is 9.97 Å². The summed E-state index contributed by atoms with van der Waals surface area (Å²) in [7, 11) is 0. The molecule has 6 heteroatoms. The maximum Gasteiger partial charge on any atom is 0.184 e. The molecule has 0 spiro atoms. The molecule has 7 rings (SSSR count). The lowest BCUT2D eigenvalue weighted by molar-refractivity contribution is 0.414. The lowest BCUT2D eigenvalue weighted by Gasteiger charge is -2.04. The van der Waals surface area contributed by atoms with Crippen molar-refractivity contribution < 1.29 is 10.2 Å². The molecule has 0 amide bonds. The molecule has 0 saturated heterocycles. The van der Waals surface area contributed by atoms with Crippen molar-refractivity contribution >= 4 is 46.4 Å². The number of benzene rings is 2. The molecule has 5 heterocycles. The van der Waals surface area contributed by atoms with E-state index in [1.807, 2.05) is 85.0 Å². The van der Waals surface area contributed by atoms with E-state index >= 15 is 0 Å². The summed E-state index contributed by atoms with van der Waals surface area (Å²) in [4.78, 5) is 16.5. The summed E-state index contributed by atoms with van der Waals surface area (Å²) in [5.74, 6) is -0.466. The predicted octanol–water partition coefficient (Wildman–Crippen LogP) is 7.40. The first kappa shape index (κ1) is 21.9. The van der Waals surface area contributed by atoms with Crippen LogP contribution in [0.5, 0.6) is 11.5 Å². The van der Waals surface area contributed by atoms with Gasteiger partial charge in [0.2, 0.25) is 0 Å². The second-order valence-electron chi connectivity index (χ2n) is 9.22. The van der Waals surface area contributed by atoms with Crippen LogP contribution < -0.4 is 0 Å². The molecule has 2 aliphatic heterocycles. The number of H-pyrrole nitrogens is 2. The number of nitrogens with one attached hydrogen (secondary N) is 2. The first-order valence-electron chi connectivity index (χ1n) is 12.3. The summed E-state index contributed by atoms with van der Waals surface area (Å²) >= 11 is 0. The second kappa shape index (κ2) is 8.64. The highest BCUT2D eigenvalue weighted by Crippen LogP contribution is 2.41. The Balaban J connectivity index is 1.63. The maximum absolute atomic E-state index is 11.0. The molecule has 2 aromatic carbocycles. The molecule has 0 unspecified atom stereocenters. The fourth-order valence-corrected chi connectivity index (χ4v) is 5.00. The van der Waals surface area contributed by atoms with Gasteiger partial charge in [-0.3, -0.25) is 0 Å². The van der Waals surface area contributed by atoms with Gasteiger partial charge in [-0.05, 0) is 59.7 Å². The van der Waals surface area contributed by atoms with Gasteiger partial charge in [-0.15, -0.1) is 0 Å². The third kappa shape index (κ3) is 3.67. The van der Waals surface area contributed by atoms with E-state index in [9.17, 15) is 10.2 Å². The Kier molecular flexibility index (Phi) is 4.97. The van der Waals surface area contributed by atoms with E-state index in [0.717, 1.165) is 39.1 Å². The van der Waals surface area contributed by atoms with Crippen molar-refractivity contribution in [2.45, 2.75) is 0 Å². The molecule has 0 aliphatic carbocycles. The van der Waals surface area contributed by atoms with E-state index in [2.05, 4.69) is 28.2 Å². The summed E-state index contributed by atoms with van der Waals surface area (Å²) < 4.78 is 0. The molecule has 0 atom stereocenters. The number of aromatic hydroxyl groups is 2. The van der Waals surface area contributed by atoms with Crippen LogP contribution in [-0.4, -0.2) is 30.1 Å². The average molecular weight is 495 g/mol. The second-order valence-corrected chi connectivity index (χ2v) is 9.22. The van der Waals surface area contributed by atoms with E-state index in [-0.39, 0.29) is 11.5 Å². The Morgan fingerprint density at radius 1 is 0.526 bits per heavy atom. The first-order chi connectivity index (χ1) is 18.6. The van der Waals surface area contributed by atoms with Crippen molar-refractivity contribution in [3.8, 4) is 33.8 Å². The zero-order valence-corrected chi connectivity index (χ0v) is 20.2. The van der Waals surface area contributed by atoms with Gasteiger partial charge < -0.3 is 20.2 Å². The highest BCUT2D eigenvalue weighted by molar-refractivity contribution is 5.97. The summed E-state index contributed by atoms with van der Waals surface area (Å²) in [6.07, 6.45) is 7.72. The van der Waals surface area contributed by atoms with Crippen LogP contribution in [0.15, 0.2) is 84.9 Å². The molecule has 38 heavy (non-hydrogen) atoms. The normalized spacial score (nSPS) is 12.2. The molecular weight excluding hydrogens is 472 g/mol. The molecule has 0 saturated carbocycles. The van der Waals surface area contributed by atoms with Gasteiger partial charge in [0, 0.05) is 22.2 Å². The highest BCUT2D eigenvalue weighted by Gasteiger charge is 2.18. The van der Waals surface area contributed by atoms with Crippen LogP contribution in [0.25, 0.3) is 68.6 Å². The van der Waals surface area contributed by atoms with Gasteiger partial charge in [0.15, 0.2) is 11.5 Å². The lowest BCUT2D eigenvalue weighted by Crippen LogP contribution is -1.86. The van der Waals surface area contributed by atoms with Crippen LogP contribution in [0.4, 0.5) is 0 Å². The Morgan fingerprint density at radius 2 is 1.13 bits per heavy atom. The molecule has 0 radical (unpaired) electrons. The van der Waals surface area contributed by atoms with Crippen molar-refractivity contribution in [2.75, 3.05) is 0 Å². The fraction of sp³-hybridized carbons (Fsp3) is 0. The van der Waals surface area contributed by atoms with E-state index in [4.69, 9.17) is 9.97 Å². The SMILES string of the molecule is Oc1c(O)c2[nH]c1cc1nc(c(-c3ccccc3)c3ccc(cc4nc(c2-c2ccccc2)C=C4)[nH]3)C=C1. The van der Waals surface area contributed by atoms with Gasteiger partial charge in [0.25, 0.3) is 0 Å². The topological polar surface area (TPSA) is 97.8 Å². The molecular formula is C32H22N4O2. The number of aromatic amines is 2. The van der Waals surface area contributed by atoms with Crippen molar-refractivity contribution in [3.05, 3.63) is 108 Å². The number of aromatic nitrogens is 4. The van der Waals surface area contributed by atoms with Gasteiger partial charge in [-0.1, -0.05) is 60.7 Å². The van der Waals surface area contributed by atoms with Crippen LogP contribution in [0.2, 0.25) is 0 Å². The molecule has 4 N–H and O–H groups in total. The van der Waals surface area contributed by atoms with Crippen molar-refractivity contribution in [1.29, 1.82) is 0 Å². The third-order valence-electron chi connectivity index (χ3n) is 6.76. The minimum atomic E-state index is -0.235. The van der Waals surface area contributed by atoms with Crippen LogP contribution >= 0.6 is 0 Å². The van der Waals surface area contributed by atoms with Crippen molar-refractivity contribution in [2.24, 2.45) is 0 Å². The van der Waals surface area contributed by atoms with E-state index in [1.54, 1.807) is 6.07 Å². The molecule has 8 bridgehead atoms. The Bertz CT molecular complexity index is 1930.